The zero-order chi connectivity index (χ0) is 15.7. The van der Waals surface area contributed by atoms with Gasteiger partial charge < -0.3 is 0 Å². The molecular formula is C15H13N3O3S. The molecule has 1 aliphatic heterocycles. The Labute approximate surface area is 131 Å². The number of benzene rings is 1. The number of carbonyl (C=O) groups excluding carboxylic acids is 3. The van der Waals surface area contributed by atoms with Gasteiger partial charge in [0.2, 0.25) is 0 Å². The maximum Gasteiger partial charge on any atom is 0.334 e. The van der Waals surface area contributed by atoms with Crippen molar-refractivity contribution < 1.29 is 14.4 Å². The van der Waals surface area contributed by atoms with Crippen LogP contribution >= 0.6 is 11.3 Å². The summed E-state index contributed by atoms with van der Waals surface area (Å²) in [4.78, 5) is 41.9. The summed E-state index contributed by atoms with van der Waals surface area (Å²) >= 11 is 1.44. The van der Waals surface area contributed by atoms with Crippen molar-refractivity contribution in [3.63, 3.8) is 0 Å². The van der Waals surface area contributed by atoms with Crippen LogP contribution in [0.5, 0.6) is 0 Å². The number of rotatable bonds is 4. The number of imide groups is 2. The second-order valence-corrected chi connectivity index (χ2v) is 5.59. The summed E-state index contributed by atoms with van der Waals surface area (Å²) in [6, 6.07) is 9.06. The van der Waals surface area contributed by atoms with E-state index in [0.29, 0.717) is 5.69 Å². The average molecular weight is 315 g/mol. The zero-order valence-electron chi connectivity index (χ0n) is 11.9. The monoisotopic (exact) mass is 315 g/mol. The first-order valence-electron chi connectivity index (χ1n) is 6.79. The molecule has 6 nitrogen and oxygen atoms in total. The summed E-state index contributed by atoms with van der Waals surface area (Å²) < 4.78 is 0. The Morgan fingerprint density at radius 1 is 1.05 bits per heavy atom. The highest BCUT2D eigenvalue weighted by Crippen LogP contribution is 2.24. The first-order valence-corrected chi connectivity index (χ1v) is 7.67. The third-order valence-corrected chi connectivity index (χ3v) is 4.28. The van der Waals surface area contributed by atoms with Crippen molar-refractivity contribution >= 4 is 29.2 Å². The van der Waals surface area contributed by atoms with Crippen LogP contribution in [0.15, 0.2) is 35.7 Å². The Kier molecular flexibility index (Phi) is 3.72. The molecule has 0 atom stereocenters. The van der Waals surface area contributed by atoms with Crippen LogP contribution in [-0.2, 0) is 16.1 Å². The van der Waals surface area contributed by atoms with Crippen molar-refractivity contribution in [1.82, 2.24) is 14.8 Å². The number of nitrogens with zero attached hydrogens (tertiary/aromatic N) is 3. The molecular weight excluding hydrogens is 302 g/mol. The minimum atomic E-state index is -0.791. The largest absolute Gasteiger partial charge is 0.334 e. The molecule has 0 unspecified atom stereocenters. The number of carbonyl (C=O) groups is 3. The fraction of sp³-hybridized carbons (Fsp3) is 0.200. The van der Waals surface area contributed by atoms with E-state index < -0.39 is 17.8 Å². The predicted molar refractivity (Wildman–Crippen MR) is 80.9 cm³/mol. The second-order valence-electron chi connectivity index (χ2n) is 4.73. The van der Waals surface area contributed by atoms with E-state index in [0.717, 1.165) is 20.4 Å². The van der Waals surface area contributed by atoms with Crippen LogP contribution in [0.1, 0.15) is 12.6 Å². The zero-order valence-corrected chi connectivity index (χ0v) is 12.7. The highest BCUT2D eigenvalue weighted by molar-refractivity contribution is 7.13. The van der Waals surface area contributed by atoms with Crippen LogP contribution in [0.25, 0.3) is 10.6 Å². The summed E-state index contributed by atoms with van der Waals surface area (Å²) in [5, 5.41) is 2.61. The fourth-order valence-electron chi connectivity index (χ4n) is 2.22. The molecule has 1 aliphatic rings. The van der Waals surface area contributed by atoms with E-state index in [1.165, 1.54) is 11.3 Å². The molecule has 1 aromatic carbocycles. The fourth-order valence-corrected chi connectivity index (χ4v) is 3.04. The van der Waals surface area contributed by atoms with E-state index in [1.807, 2.05) is 30.3 Å². The number of urea groups is 1. The molecule has 0 saturated carbocycles. The highest BCUT2D eigenvalue weighted by atomic mass is 32.1. The van der Waals surface area contributed by atoms with E-state index in [4.69, 9.17) is 0 Å². The van der Waals surface area contributed by atoms with Crippen molar-refractivity contribution in [2.75, 3.05) is 6.54 Å². The Morgan fingerprint density at radius 3 is 2.36 bits per heavy atom. The van der Waals surface area contributed by atoms with Gasteiger partial charge in [0.1, 0.15) is 5.01 Å². The lowest BCUT2D eigenvalue weighted by molar-refractivity contribution is -0.143. The lowest BCUT2D eigenvalue weighted by Gasteiger charge is -2.12. The minimum Gasteiger partial charge on any atom is -0.263 e. The third kappa shape index (κ3) is 2.39. The van der Waals surface area contributed by atoms with Gasteiger partial charge in [0.05, 0.1) is 12.2 Å². The summed E-state index contributed by atoms with van der Waals surface area (Å²) in [5.74, 6) is -1.56. The van der Waals surface area contributed by atoms with Gasteiger partial charge in [-0.3, -0.25) is 14.5 Å². The van der Waals surface area contributed by atoms with E-state index in [2.05, 4.69) is 4.98 Å². The molecule has 0 aliphatic carbocycles. The van der Waals surface area contributed by atoms with Crippen LogP contribution < -0.4 is 0 Å². The van der Waals surface area contributed by atoms with Crippen molar-refractivity contribution in [3.05, 3.63) is 41.4 Å². The highest BCUT2D eigenvalue weighted by Gasteiger charge is 2.43. The second kappa shape index (κ2) is 5.69. The molecule has 4 amide bonds. The quantitative estimate of drug-likeness (QED) is 0.640. The summed E-state index contributed by atoms with van der Waals surface area (Å²) in [6.45, 7) is 1.86. The van der Waals surface area contributed by atoms with Crippen molar-refractivity contribution in [2.45, 2.75) is 13.5 Å². The molecule has 7 heteroatoms. The van der Waals surface area contributed by atoms with E-state index >= 15 is 0 Å². The molecule has 1 saturated heterocycles. The van der Waals surface area contributed by atoms with Crippen LogP contribution in [-0.4, -0.2) is 39.2 Å². The molecule has 3 rings (SSSR count). The van der Waals surface area contributed by atoms with Crippen molar-refractivity contribution in [3.8, 4) is 10.6 Å². The van der Waals surface area contributed by atoms with Crippen molar-refractivity contribution in [1.29, 1.82) is 0 Å². The van der Waals surface area contributed by atoms with Gasteiger partial charge in [0.15, 0.2) is 0 Å². The van der Waals surface area contributed by atoms with Gasteiger partial charge in [-0.05, 0) is 6.92 Å². The Bertz CT molecular complexity index is 742. The molecule has 0 spiro atoms. The summed E-state index contributed by atoms with van der Waals surface area (Å²) in [5.41, 5.74) is 1.57. The van der Waals surface area contributed by atoms with Gasteiger partial charge in [0, 0.05) is 17.5 Å². The van der Waals surface area contributed by atoms with Gasteiger partial charge >= 0.3 is 17.8 Å². The number of thiazole rings is 1. The predicted octanol–water partition coefficient (Wildman–Crippen LogP) is 2.12. The lowest BCUT2D eigenvalue weighted by atomic mass is 10.2. The van der Waals surface area contributed by atoms with Crippen LogP contribution in [0.2, 0.25) is 0 Å². The topological polar surface area (TPSA) is 70.6 Å². The number of aromatic nitrogens is 1. The Morgan fingerprint density at radius 2 is 1.73 bits per heavy atom. The first kappa shape index (κ1) is 14.4. The molecule has 2 heterocycles. The summed E-state index contributed by atoms with van der Waals surface area (Å²) in [6.07, 6.45) is 0. The minimum absolute atomic E-state index is 0.0171. The molecule has 0 bridgehead atoms. The normalized spacial score (nSPS) is 15.0. The SMILES string of the molecule is CCN1C(=O)C(=O)N(Cc2csc(-c3ccccc3)n2)C1=O. The molecule has 0 radical (unpaired) electrons. The number of likely N-dealkylation sites (N-methyl/N-ethyl adjacent to an activating group) is 1. The third-order valence-electron chi connectivity index (χ3n) is 3.34. The smallest absolute Gasteiger partial charge is 0.263 e. The van der Waals surface area contributed by atoms with Gasteiger partial charge in [-0.2, -0.15) is 0 Å². The molecule has 112 valence electrons. The van der Waals surface area contributed by atoms with Crippen molar-refractivity contribution in [2.24, 2.45) is 0 Å². The molecule has 0 N–H and O–H groups in total. The molecule has 22 heavy (non-hydrogen) atoms. The number of amides is 4. The molecule has 2 aromatic rings. The van der Waals surface area contributed by atoms with Gasteiger partial charge in [-0.25, -0.2) is 14.7 Å². The van der Waals surface area contributed by atoms with Gasteiger partial charge in [-0.15, -0.1) is 11.3 Å². The van der Waals surface area contributed by atoms with Gasteiger partial charge in [0.25, 0.3) is 0 Å². The maximum absolute atomic E-state index is 12.0. The lowest BCUT2D eigenvalue weighted by Crippen LogP contribution is -2.32. The number of hydrogen-bond acceptors (Lipinski definition) is 5. The Hall–Kier alpha value is -2.54. The van der Waals surface area contributed by atoms with Crippen LogP contribution in [0.3, 0.4) is 0 Å². The van der Waals surface area contributed by atoms with Crippen LogP contribution in [0.4, 0.5) is 4.79 Å². The maximum atomic E-state index is 12.0. The standard InChI is InChI=1S/C15H13N3O3S/c1-2-17-13(19)14(20)18(15(17)21)8-11-9-22-12(16-11)10-6-4-3-5-7-10/h3-7,9H,2,8H2,1H3. The number of hydrogen-bond donors (Lipinski definition) is 0. The van der Waals surface area contributed by atoms with E-state index in [-0.39, 0.29) is 13.1 Å². The molecule has 1 aromatic heterocycles. The first-order chi connectivity index (χ1) is 10.6. The summed E-state index contributed by atoms with van der Waals surface area (Å²) in [7, 11) is 0. The average Bonchev–Trinajstić information content (AvgIpc) is 3.08. The van der Waals surface area contributed by atoms with Gasteiger partial charge in [-0.1, -0.05) is 30.3 Å². The van der Waals surface area contributed by atoms with Crippen LogP contribution in [0, 0.1) is 0 Å². The Balaban J connectivity index is 1.80. The molecule has 1 fully saturated rings. The van der Waals surface area contributed by atoms with E-state index in [9.17, 15) is 14.4 Å². The van der Waals surface area contributed by atoms with E-state index in [1.54, 1.807) is 12.3 Å².